The molecule has 0 rings (SSSR count). The third-order valence-electron chi connectivity index (χ3n) is 3.82. The average Bonchev–Trinajstić information content (AvgIpc) is 2.45. The number of hydrogen-bond acceptors (Lipinski definition) is 3. The van der Waals surface area contributed by atoms with Crippen LogP contribution in [0.1, 0.15) is 78.6 Å². The Morgan fingerprint density at radius 3 is 2.43 bits per heavy atom. The molecule has 3 nitrogen and oxygen atoms in total. The second kappa shape index (κ2) is 12.9. The van der Waals surface area contributed by atoms with Crippen molar-refractivity contribution in [3.05, 3.63) is 12.2 Å². The van der Waals surface area contributed by atoms with Crippen LogP contribution < -0.4 is 5.32 Å². The molecule has 3 heteroatoms. The van der Waals surface area contributed by atoms with Gasteiger partial charge < -0.3 is 10.1 Å². The van der Waals surface area contributed by atoms with Gasteiger partial charge >= 0.3 is 5.97 Å². The Balaban J connectivity index is 3.36. The number of unbranched alkanes of at least 4 members (excludes halogenated alkanes) is 5. The zero-order valence-electron chi connectivity index (χ0n) is 14.5. The number of carbonyl (C=O) groups is 1. The van der Waals surface area contributed by atoms with Crippen LogP contribution in [0.4, 0.5) is 0 Å². The Morgan fingerprint density at radius 2 is 1.76 bits per heavy atom. The minimum Gasteiger partial charge on any atom is -0.466 e. The normalized spacial score (nSPS) is 12.0. The zero-order chi connectivity index (χ0) is 16.0. The van der Waals surface area contributed by atoms with E-state index in [4.69, 9.17) is 4.74 Å². The van der Waals surface area contributed by atoms with E-state index in [1.807, 2.05) is 7.05 Å². The Kier molecular flexibility index (Phi) is 12.4. The molecule has 1 N–H and O–H groups in total. The molecule has 0 saturated heterocycles. The molecule has 0 aliphatic carbocycles. The van der Waals surface area contributed by atoms with Gasteiger partial charge in [0.2, 0.25) is 0 Å². The molecule has 0 unspecified atom stereocenters. The van der Waals surface area contributed by atoms with Crippen molar-refractivity contribution in [2.75, 3.05) is 13.7 Å². The third-order valence-corrected chi connectivity index (χ3v) is 3.82. The fourth-order valence-corrected chi connectivity index (χ4v) is 1.96. The predicted octanol–water partition coefficient (Wildman–Crippen LogP) is 4.61. The van der Waals surface area contributed by atoms with Gasteiger partial charge in [-0.15, -0.1) is 0 Å². The van der Waals surface area contributed by atoms with Gasteiger partial charge in [-0.3, -0.25) is 4.79 Å². The van der Waals surface area contributed by atoms with Crippen molar-refractivity contribution in [2.24, 2.45) is 0 Å². The summed E-state index contributed by atoms with van der Waals surface area (Å²) in [6, 6.07) is 0. The first-order chi connectivity index (χ1) is 10.0. The summed E-state index contributed by atoms with van der Waals surface area (Å²) in [5.74, 6) is -0.0483. The van der Waals surface area contributed by atoms with Crippen molar-refractivity contribution in [1.82, 2.24) is 5.32 Å². The summed E-state index contributed by atoms with van der Waals surface area (Å²) in [5.41, 5.74) is 0.0342. The van der Waals surface area contributed by atoms with Crippen LogP contribution in [0.2, 0.25) is 0 Å². The molecule has 0 aliphatic rings. The van der Waals surface area contributed by atoms with Crippen LogP contribution in [0.5, 0.6) is 0 Å². The van der Waals surface area contributed by atoms with Crippen molar-refractivity contribution in [2.45, 2.75) is 84.1 Å². The molecule has 0 spiro atoms. The van der Waals surface area contributed by atoms with Crippen LogP contribution in [0.25, 0.3) is 0 Å². The Bertz CT molecular complexity index is 285. The monoisotopic (exact) mass is 297 g/mol. The van der Waals surface area contributed by atoms with E-state index >= 15 is 0 Å². The first-order valence-corrected chi connectivity index (χ1v) is 8.51. The summed E-state index contributed by atoms with van der Waals surface area (Å²) in [6.45, 7) is 6.89. The second-order valence-electron chi connectivity index (χ2n) is 6.29. The van der Waals surface area contributed by atoms with E-state index in [0.29, 0.717) is 13.0 Å². The number of ether oxygens (including phenoxy) is 1. The van der Waals surface area contributed by atoms with Gasteiger partial charge in [-0.05, 0) is 53.0 Å². The first-order valence-electron chi connectivity index (χ1n) is 8.51. The lowest BCUT2D eigenvalue weighted by molar-refractivity contribution is -0.144. The highest BCUT2D eigenvalue weighted by Gasteiger charge is 2.15. The molecule has 0 aliphatic heterocycles. The van der Waals surface area contributed by atoms with Gasteiger partial charge in [0.25, 0.3) is 0 Å². The summed E-state index contributed by atoms with van der Waals surface area (Å²) in [5, 5.41) is 3.20. The van der Waals surface area contributed by atoms with E-state index in [9.17, 15) is 4.79 Å². The van der Waals surface area contributed by atoms with Crippen LogP contribution >= 0.6 is 0 Å². The fraction of sp³-hybridized carbons (Fsp3) is 0.833. The number of rotatable bonds is 13. The van der Waals surface area contributed by atoms with E-state index in [1.54, 1.807) is 0 Å². The van der Waals surface area contributed by atoms with Gasteiger partial charge in [-0.2, -0.15) is 0 Å². The fourth-order valence-electron chi connectivity index (χ4n) is 1.96. The molecule has 0 aromatic heterocycles. The van der Waals surface area contributed by atoms with Crippen LogP contribution in [-0.2, 0) is 9.53 Å². The molecule has 0 radical (unpaired) electrons. The lowest BCUT2D eigenvalue weighted by Crippen LogP contribution is -2.37. The van der Waals surface area contributed by atoms with Crippen molar-refractivity contribution in [3.63, 3.8) is 0 Å². The number of nitrogens with one attached hydrogen (secondary N) is 1. The number of hydrogen-bond donors (Lipinski definition) is 1. The highest BCUT2D eigenvalue weighted by molar-refractivity contribution is 5.69. The third kappa shape index (κ3) is 13.9. The van der Waals surface area contributed by atoms with Crippen LogP contribution in [0.15, 0.2) is 12.2 Å². The van der Waals surface area contributed by atoms with Gasteiger partial charge in [0.15, 0.2) is 0 Å². The maximum atomic E-state index is 11.6. The molecule has 0 amide bonds. The molecule has 0 saturated carbocycles. The van der Waals surface area contributed by atoms with Gasteiger partial charge in [-0.1, -0.05) is 38.3 Å². The summed E-state index contributed by atoms with van der Waals surface area (Å²) < 4.78 is 5.26. The Hall–Kier alpha value is -0.830. The maximum Gasteiger partial charge on any atom is 0.305 e. The van der Waals surface area contributed by atoms with E-state index in [1.165, 1.54) is 25.7 Å². The number of allylic oxidation sites excluding steroid dienone is 2. The molecular formula is C18H35NO2. The van der Waals surface area contributed by atoms with Crippen LogP contribution in [0, 0.1) is 0 Å². The van der Waals surface area contributed by atoms with Gasteiger partial charge in [-0.25, -0.2) is 0 Å². The largest absolute Gasteiger partial charge is 0.466 e. The first kappa shape index (κ1) is 20.2. The topological polar surface area (TPSA) is 38.3 Å². The summed E-state index contributed by atoms with van der Waals surface area (Å²) in [7, 11) is 1.93. The molecule has 124 valence electrons. The molecule has 0 aromatic rings. The van der Waals surface area contributed by atoms with Gasteiger partial charge in [0, 0.05) is 12.0 Å². The molecule has 0 fully saturated rings. The predicted molar refractivity (Wildman–Crippen MR) is 90.5 cm³/mol. The van der Waals surface area contributed by atoms with E-state index in [-0.39, 0.29) is 11.5 Å². The molecular weight excluding hydrogens is 262 g/mol. The lowest BCUT2D eigenvalue weighted by Gasteiger charge is -2.23. The second-order valence-corrected chi connectivity index (χ2v) is 6.29. The summed E-state index contributed by atoms with van der Waals surface area (Å²) in [4.78, 5) is 11.6. The van der Waals surface area contributed by atoms with Crippen molar-refractivity contribution < 1.29 is 9.53 Å². The smallest absolute Gasteiger partial charge is 0.305 e. The minimum atomic E-state index is -0.0483. The molecule has 0 atom stereocenters. The lowest BCUT2D eigenvalue weighted by atomic mass is 10.0. The zero-order valence-corrected chi connectivity index (χ0v) is 14.5. The molecule has 0 heterocycles. The molecule has 0 bridgehead atoms. The quantitative estimate of drug-likeness (QED) is 0.306. The SMILES string of the molecule is CCC=CCCCCCCCC(=O)OCCC(C)(C)NC. The summed E-state index contributed by atoms with van der Waals surface area (Å²) >= 11 is 0. The van der Waals surface area contributed by atoms with E-state index in [0.717, 1.165) is 25.7 Å². The van der Waals surface area contributed by atoms with E-state index < -0.39 is 0 Å². The Labute approximate surface area is 131 Å². The van der Waals surface area contributed by atoms with Crippen LogP contribution in [0.3, 0.4) is 0 Å². The van der Waals surface area contributed by atoms with Crippen molar-refractivity contribution in [1.29, 1.82) is 0 Å². The molecule has 0 aromatic carbocycles. The van der Waals surface area contributed by atoms with Gasteiger partial charge in [0.1, 0.15) is 0 Å². The van der Waals surface area contributed by atoms with E-state index in [2.05, 4.69) is 38.2 Å². The standard InChI is InChI=1S/C18H35NO2/c1-5-6-7-8-9-10-11-12-13-14-17(20)21-16-15-18(2,3)19-4/h6-7,19H,5,8-16H2,1-4H3. The van der Waals surface area contributed by atoms with Crippen molar-refractivity contribution in [3.8, 4) is 0 Å². The highest BCUT2D eigenvalue weighted by Crippen LogP contribution is 2.10. The average molecular weight is 297 g/mol. The highest BCUT2D eigenvalue weighted by atomic mass is 16.5. The maximum absolute atomic E-state index is 11.6. The van der Waals surface area contributed by atoms with Gasteiger partial charge in [0.05, 0.1) is 6.61 Å². The number of esters is 1. The number of carbonyl (C=O) groups excluding carboxylic acids is 1. The van der Waals surface area contributed by atoms with Crippen molar-refractivity contribution >= 4 is 5.97 Å². The minimum absolute atomic E-state index is 0.0342. The molecule has 21 heavy (non-hydrogen) atoms. The Morgan fingerprint density at radius 1 is 1.10 bits per heavy atom. The van der Waals surface area contributed by atoms with Crippen LogP contribution in [-0.4, -0.2) is 25.2 Å². The summed E-state index contributed by atoms with van der Waals surface area (Å²) in [6.07, 6.45) is 14.1.